The Morgan fingerprint density at radius 3 is 2.12 bits per heavy atom. The maximum atomic E-state index is 3.44. The summed E-state index contributed by atoms with van der Waals surface area (Å²) in [5, 5.41) is 3.44. The molecule has 1 heteroatoms. The molecule has 98 valence electrons. The molecule has 1 N–H and O–H groups in total. The van der Waals surface area contributed by atoms with Gasteiger partial charge in [0.1, 0.15) is 0 Å². The number of hydrogen-bond acceptors (Lipinski definition) is 1. The van der Waals surface area contributed by atoms with E-state index in [0.29, 0.717) is 0 Å². The first-order chi connectivity index (χ1) is 7.76. The van der Waals surface area contributed by atoms with Crippen LogP contribution in [-0.4, -0.2) is 13.1 Å². The minimum Gasteiger partial charge on any atom is -0.317 e. The van der Waals surface area contributed by atoms with Crippen LogP contribution >= 0.6 is 0 Å². The molecule has 0 saturated carbocycles. The van der Waals surface area contributed by atoms with Crippen LogP contribution in [0.2, 0.25) is 0 Å². The van der Waals surface area contributed by atoms with Crippen LogP contribution in [0.15, 0.2) is 0 Å². The van der Waals surface area contributed by atoms with E-state index in [1.165, 1.54) is 58.0 Å². The number of nitrogens with one attached hydrogen (secondary N) is 1. The van der Waals surface area contributed by atoms with Crippen LogP contribution in [0.1, 0.15) is 72.6 Å². The number of piperidine rings is 1. The minimum atomic E-state index is 0.966. The summed E-state index contributed by atoms with van der Waals surface area (Å²) < 4.78 is 0. The molecule has 0 radical (unpaired) electrons. The number of hydrogen-bond donors (Lipinski definition) is 1. The highest BCUT2D eigenvalue weighted by molar-refractivity contribution is 4.73. The summed E-state index contributed by atoms with van der Waals surface area (Å²) in [7, 11) is 0. The first-order valence-electron chi connectivity index (χ1n) is 7.46. The third-order valence-electron chi connectivity index (χ3n) is 3.45. The standard InChI is InChI=1S/C12H25N.C3H8/c1-3-4-5-6-11(2)12-7-9-13-10-8-12;1-3-2/h11-13H,3-10H2,1-2H3;3H2,1-2H3. The Morgan fingerprint density at radius 2 is 1.62 bits per heavy atom. The third-order valence-corrected chi connectivity index (χ3v) is 3.45. The summed E-state index contributed by atoms with van der Waals surface area (Å²) in [6, 6.07) is 0. The van der Waals surface area contributed by atoms with Crippen molar-refractivity contribution in [3.05, 3.63) is 0 Å². The predicted octanol–water partition coefficient (Wildman–Crippen LogP) is 4.62. The molecule has 0 aromatic heterocycles. The van der Waals surface area contributed by atoms with Gasteiger partial charge in [-0.05, 0) is 37.8 Å². The van der Waals surface area contributed by atoms with E-state index >= 15 is 0 Å². The van der Waals surface area contributed by atoms with Gasteiger partial charge in [-0.1, -0.05) is 59.8 Å². The van der Waals surface area contributed by atoms with Crippen molar-refractivity contribution >= 4 is 0 Å². The van der Waals surface area contributed by atoms with Crippen LogP contribution in [0.5, 0.6) is 0 Å². The molecular weight excluding hydrogens is 194 g/mol. The number of unbranched alkanes of at least 4 members (excludes halogenated alkanes) is 2. The van der Waals surface area contributed by atoms with Crippen molar-refractivity contribution in [2.75, 3.05) is 13.1 Å². The maximum absolute atomic E-state index is 3.44. The van der Waals surface area contributed by atoms with E-state index in [9.17, 15) is 0 Å². The largest absolute Gasteiger partial charge is 0.317 e. The van der Waals surface area contributed by atoms with Crippen LogP contribution < -0.4 is 5.32 Å². The van der Waals surface area contributed by atoms with Gasteiger partial charge in [0.2, 0.25) is 0 Å². The molecule has 1 heterocycles. The van der Waals surface area contributed by atoms with Crippen LogP contribution in [0, 0.1) is 11.8 Å². The second kappa shape index (κ2) is 11.4. The average Bonchev–Trinajstić information content (AvgIpc) is 2.31. The molecular formula is C15H33N. The van der Waals surface area contributed by atoms with Crippen molar-refractivity contribution in [2.24, 2.45) is 11.8 Å². The van der Waals surface area contributed by atoms with Gasteiger partial charge in [-0.2, -0.15) is 0 Å². The third kappa shape index (κ3) is 8.15. The minimum absolute atomic E-state index is 0.966. The van der Waals surface area contributed by atoms with Crippen molar-refractivity contribution < 1.29 is 0 Å². The van der Waals surface area contributed by atoms with Gasteiger partial charge in [-0.15, -0.1) is 0 Å². The van der Waals surface area contributed by atoms with Gasteiger partial charge >= 0.3 is 0 Å². The van der Waals surface area contributed by atoms with Crippen LogP contribution in [-0.2, 0) is 0 Å². The Hall–Kier alpha value is -0.0400. The van der Waals surface area contributed by atoms with Gasteiger partial charge in [0.05, 0.1) is 0 Å². The van der Waals surface area contributed by atoms with Gasteiger partial charge in [0.25, 0.3) is 0 Å². The van der Waals surface area contributed by atoms with E-state index in [1.54, 1.807) is 0 Å². The van der Waals surface area contributed by atoms with Crippen LogP contribution in [0.25, 0.3) is 0 Å². The fourth-order valence-corrected chi connectivity index (χ4v) is 2.37. The summed E-state index contributed by atoms with van der Waals surface area (Å²) in [5.74, 6) is 1.98. The van der Waals surface area contributed by atoms with E-state index in [2.05, 4.69) is 33.0 Å². The molecule has 1 nitrogen and oxygen atoms in total. The Bertz CT molecular complexity index is 127. The lowest BCUT2D eigenvalue weighted by atomic mass is 9.83. The highest BCUT2D eigenvalue weighted by Gasteiger charge is 2.18. The van der Waals surface area contributed by atoms with Crippen molar-refractivity contribution in [1.29, 1.82) is 0 Å². The van der Waals surface area contributed by atoms with E-state index in [1.807, 2.05) is 0 Å². The quantitative estimate of drug-likeness (QED) is 0.676. The second-order valence-electron chi connectivity index (χ2n) is 5.27. The van der Waals surface area contributed by atoms with Crippen molar-refractivity contribution in [2.45, 2.75) is 72.6 Å². The molecule has 1 saturated heterocycles. The summed E-state index contributed by atoms with van der Waals surface area (Å²) in [6.45, 7) is 11.5. The molecule has 0 spiro atoms. The highest BCUT2D eigenvalue weighted by Crippen LogP contribution is 2.25. The molecule has 1 aliphatic rings. The second-order valence-corrected chi connectivity index (χ2v) is 5.27. The molecule has 1 unspecified atom stereocenters. The molecule has 0 aliphatic carbocycles. The Labute approximate surface area is 103 Å². The van der Waals surface area contributed by atoms with E-state index in [4.69, 9.17) is 0 Å². The smallest absolute Gasteiger partial charge is 0.00462 e. The average molecular weight is 227 g/mol. The van der Waals surface area contributed by atoms with Crippen molar-refractivity contribution in [3.8, 4) is 0 Å². The Kier molecular flexibility index (Phi) is 11.4. The van der Waals surface area contributed by atoms with E-state index < -0.39 is 0 Å². The maximum Gasteiger partial charge on any atom is -0.00462 e. The fourth-order valence-electron chi connectivity index (χ4n) is 2.37. The summed E-state index contributed by atoms with van der Waals surface area (Å²) >= 11 is 0. The first-order valence-corrected chi connectivity index (χ1v) is 7.46. The fraction of sp³-hybridized carbons (Fsp3) is 1.00. The molecule has 0 amide bonds. The Morgan fingerprint density at radius 1 is 1.06 bits per heavy atom. The van der Waals surface area contributed by atoms with Gasteiger partial charge in [-0.25, -0.2) is 0 Å². The monoisotopic (exact) mass is 227 g/mol. The summed E-state index contributed by atoms with van der Waals surface area (Å²) in [5.41, 5.74) is 0. The van der Waals surface area contributed by atoms with Crippen LogP contribution in [0.3, 0.4) is 0 Å². The summed E-state index contributed by atoms with van der Waals surface area (Å²) in [4.78, 5) is 0. The topological polar surface area (TPSA) is 12.0 Å². The molecule has 0 bridgehead atoms. The predicted molar refractivity (Wildman–Crippen MR) is 74.9 cm³/mol. The molecule has 0 aromatic carbocycles. The van der Waals surface area contributed by atoms with Crippen molar-refractivity contribution in [1.82, 2.24) is 5.32 Å². The molecule has 16 heavy (non-hydrogen) atoms. The molecule has 0 aromatic rings. The van der Waals surface area contributed by atoms with Gasteiger partial charge in [0, 0.05) is 0 Å². The number of rotatable bonds is 5. The van der Waals surface area contributed by atoms with Crippen LogP contribution in [0.4, 0.5) is 0 Å². The lowest BCUT2D eigenvalue weighted by Gasteiger charge is -2.28. The highest BCUT2D eigenvalue weighted by atomic mass is 14.9. The van der Waals surface area contributed by atoms with E-state index in [-0.39, 0.29) is 0 Å². The van der Waals surface area contributed by atoms with E-state index in [0.717, 1.165) is 11.8 Å². The molecule has 1 aliphatic heterocycles. The SMILES string of the molecule is CCC.CCCCCC(C)C1CCNCC1. The van der Waals surface area contributed by atoms with Crippen molar-refractivity contribution in [3.63, 3.8) is 0 Å². The lowest BCUT2D eigenvalue weighted by molar-refractivity contribution is 0.258. The zero-order valence-electron chi connectivity index (χ0n) is 12.0. The molecule has 1 rings (SSSR count). The Balaban J connectivity index is 0.000000673. The van der Waals surface area contributed by atoms with Gasteiger partial charge < -0.3 is 5.32 Å². The van der Waals surface area contributed by atoms with Gasteiger partial charge in [0.15, 0.2) is 0 Å². The first kappa shape index (κ1) is 16.0. The molecule has 1 atom stereocenters. The zero-order valence-corrected chi connectivity index (χ0v) is 12.0. The molecule has 1 fully saturated rings. The summed E-state index contributed by atoms with van der Waals surface area (Å²) in [6.07, 6.45) is 9.76. The normalized spacial score (nSPS) is 18.8. The lowest BCUT2D eigenvalue weighted by Crippen LogP contribution is -2.30. The van der Waals surface area contributed by atoms with Gasteiger partial charge in [-0.3, -0.25) is 0 Å². The zero-order chi connectivity index (χ0) is 12.2.